The minimum absolute atomic E-state index is 0.0992. The molecule has 0 aliphatic carbocycles. The van der Waals surface area contributed by atoms with Gasteiger partial charge in [0.25, 0.3) is 5.91 Å². The molecule has 0 saturated carbocycles. The standard InChI is InChI=1S/C27H42N2O16S/c1-15(31)29-27(37)23(35)19(32)18(14-42-46(38,39)40)44-26(27)45-22-17(13-30)43-25(21(34)20(22)33)41-12-8-3-2-7-11-28-24(36)16-9-5-4-6-10-16/h4-6,9-10,17-23,25-26,30,32-35,37H,2-3,7-8,11-14H2,1H3,(H,28,36)(H,29,31)(H,38,39,40)/t17-,18-,19-,20-,21-,22-,23+,25-,26-,27-/m1/s1. The van der Waals surface area contributed by atoms with Gasteiger partial charge < -0.3 is 60.2 Å². The fourth-order valence-corrected chi connectivity index (χ4v) is 5.27. The molecule has 2 saturated heterocycles. The van der Waals surface area contributed by atoms with E-state index in [1.807, 2.05) is 11.4 Å². The predicted octanol–water partition coefficient (Wildman–Crippen LogP) is -3.09. The van der Waals surface area contributed by atoms with Crippen molar-refractivity contribution < 1.29 is 76.3 Å². The highest BCUT2D eigenvalue weighted by Gasteiger charge is 2.59. The minimum Gasteiger partial charge on any atom is -0.394 e. The van der Waals surface area contributed by atoms with Gasteiger partial charge in [0, 0.05) is 25.6 Å². The lowest BCUT2D eigenvalue weighted by Crippen LogP contribution is -2.75. The fourth-order valence-electron chi connectivity index (χ4n) is 4.96. The summed E-state index contributed by atoms with van der Waals surface area (Å²) in [4.78, 5) is 23.9. The van der Waals surface area contributed by atoms with E-state index in [4.69, 9.17) is 23.5 Å². The first-order valence-corrected chi connectivity index (χ1v) is 15.9. The van der Waals surface area contributed by atoms with E-state index in [2.05, 4.69) is 9.50 Å². The van der Waals surface area contributed by atoms with Crippen LogP contribution in [-0.2, 0) is 38.3 Å². The van der Waals surface area contributed by atoms with E-state index in [-0.39, 0.29) is 12.5 Å². The lowest BCUT2D eigenvalue weighted by Gasteiger charge is -2.50. The van der Waals surface area contributed by atoms with Gasteiger partial charge in [0.05, 0.1) is 13.2 Å². The van der Waals surface area contributed by atoms with E-state index in [1.54, 1.807) is 24.3 Å². The molecule has 0 radical (unpaired) electrons. The Morgan fingerprint density at radius 3 is 2.26 bits per heavy atom. The Morgan fingerprint density at radius 1 is 0.957 bits per heavy atom. The highest BCUT2D eigenvalue weighted by molar-refractivity contribution is 7.80. The number of nitrogens with one attached hydrogen (secondary N) is 2. The molecule has 3 rings (SSSR count). The third kappa shape index (κ3) is 10.3. The Balaban J connectivity index is 1.54. The zero-order valence-corrected chi connectivity index (χ0v) is 25.8. The van der Waals surface area contributed by atoms with Gasteiger partial charge in [-0.2, -0.15) is 8.42 Å². The molecule has 0 aromatic heterocycles. The summed E-state index contributed by atoms with van der Waals surface area (Å²) in [6, 6.07) is 8.80. The summed E-state index contributed by atoms with van der Waals surface area (Å²) < 4.78 is 57.2. The van der Waals surface area contributed by atoms with Crippen LogP contribution in [0, 0.1) is 0 Å². The monoisotopic (exact) mass is 682 g/mol. The van der Waals surface area contributed by atoms with E-state index in [9.17, 15) is 48.6 Å². The van der Waals surface area contributed by atoms with Crippen molar-refractivity contribution in [3.05, 3.63) is 35.9 Å². The maximum Gasteiger partial charge on any atom is 0.397 e. The van der Waals surface area contributed by atoms with Crippen molar-refractivity contribution in [1.82, 2.24) is 10.6 Å². The van der Waals surface area contributed by atoms with Gasteiger partial charge in [-0.3, -0.25) is 14.1 Å². The van der Waals surface area contributed by atoms with Crippen LogP contribution in [0.25, 0.3) is 0 Å². The number of ether oxygens (including phenoxy) is 4. The Bertz CT molecular complexity index is 1220. The molecule has 0 spiro atoms. The van der Waals surface area contributed by atoms with E-state index in [0.717, 1.165) is 13.3 Å². The second-order valence-corrected chi connectivity index (χ2v) is 12.0. The van der Waals surface area contributed by atoms with Crippen molar-refractivity contribution in [2.75, 3.05) is 26.4 Å². The fraction of sp³-hybridized carbons (Fsp3) is 0.704. The summed E-state index contributed by atoms with van der Waals surface area (Å²) in [6.45, 7) is -0.346. The number of benzene rings is 1. The molecule has 2 amide bonds. The van der Waals surface area contributed by atoms with E-state index in [0.29, 0.717) is 31.4 Å². The maximum absolute atomic E-state index is 12.1. The first kappa shape index (κ1) is 38.1. The summed E-state index contributed by atoms with van der Waals surface area (Å²) in [7, 11) is -5.02. The summed E-state index contributed by atoms with van der Waals surface area (Å²) in [5.74, 6) is -1.09. The topological polar surface area (TPSA) is 280 Å². The molecular weight excluding hydrogens is 640 g/mol. The van der Waals surface area contributed by atoms with E-state index in [1.165, 1.54) is 0 Å². The van der Waals surface area contributed by atoms with E-state index < -0.39 is 90.6 Å². The van der Waals surface area contributed by atoms with Crippen LogP contribution < -0.4 is 10.6 Å². The Kier molecular flexibility index (Phi) is 14.2. The molecule has 46 heavy (non-hydrogen) atoms. The number of amides is 2. The summed E-state index contributed by atoms with van der Waals surface area (Å²) in [6.07, 6.45) is -13.7. The van der Waals surface area contributed by atoms with Crippen LogP contribution >= 0.6 is 0 Å². The number of aliphatic hydroxyl groups excluding tert-OH is 5. The Morgan fingerprint density at radius 2 is 1.63 bits per heavy atom. The van der Waals surface area contributed by atoms with Gasteiger partial charge in [-0.25, -0.2) is 4.18 Å². The highest BCUT2D eigenvalue weighted by atomic mass is 32.3. The third-order valence-corrected chi connectivity index (χ3v) is 7.78. The molecule has 262 valence electrons. The highest BCUT2D eigenvalue weighted by Crippen LogP contribution is 2.34. The van der Waals surface area contributed by atoms with Crippen LogP contribution in [0.3, 0.4) is 0 Å². The second-order valence-electron chi connectivity index (χ2n) is 10.9. The van der Waals surface area contributed by atoms with Gasteiger partial charge in [0.1, 0.15) is 42.7 Å². The van der Waals surface area contributed by atoms with Gasteiger partial charge in [-0.1, -0.05) is 31.0 Å². The maximum atomic E-state index is 12.1. The number of aliphatic hydroxyl groups is 6. The molecule has 1 aromatic carbocycles. The average molecular weight is 683 g/mol. The lowest BCUT2D eigenvalue weighted by molar-refractivity contribution is -0.384. The normalized spacial score (nSPS) is 33.3. The van der Waals surface area contributed by atoms with Crippen molar-refractivity contribution in [3.8, 4) is 0 Å². The van der Waals surface area contributed by atoms with Gasteiger partial charge in [0.15, 0.2) is 6.29 Å². The lowest BCUT2D eigenvalue weighted by atomic mass is 9.92. The number of unbranched alkanes of at least 4 members (excludes halogenated alkanes) is 3. The van der Waals surface area contributed by atoms with Gasteiger partial charge in [0.2, 0.25) is 17.9 Å². The molecule has 2 heterocycles. The summed E-state index contributed by atoms with van der Waals surface area (Å²) in [5.41, 5.74) is -2.33. The first-order chi connectivity index (χ1) is 21.7. The van der Waals surface area contributed by atoms with Crippen LogP contribution in [0.5, 0.6) is 0 Å². The number of hydrogen-bond donors (Lipinski definition) is 9. The van der Waals surface area contributed by atoms with Crippen molar-refractivity contribution in [2.24, 2.45) is 0 Å². The number of carbonyl (C=O) groups is 2. The number of hydrogen-bond acceptors (Lipinski definition) is 15. The zero-order valence-electron chi connectivity index (χ0n) is 25.0. The SMILES string of the molecule is CC(=O)N[C@]1(O)[C@@H](O[C@H]2[C@H](O)[C@@H](O)[C@H](OCCCCCCNC(=O)c3ccccc3)O[C@@H]2CO)O[C@H](COS(=O)(=O)O)[C@@H](O)[C@@H]1O. The second kappa shape index (κ2) is 17.2. The van der Waals surface area contributed by atoms with Gasteiger partial charge in [-0.05, 0) is 25.0 Å². The molecule has 2 aliphatic rings. The van der Waals surface area contributed by atoms with Crippen molar-refractivity contribution in [1.29, 1.82) is 0 Å². The third-order valence-electron chi connectivity index (χ3n) is 7.35. The van der Waals surface area contributed by atoms with Crippen LogP contribution in [0.1, 0.15) is 43.0 Å². The molecule has 0 unspecified atom stereocenters. The first-order valence-electron chi connectivity index (χ1n) is 14.5. The van der Waals surface area contributed by atoms with Crippen molar-refractivity contribution in [2.45, 2.75) is 93.6 Å². The van der Waals surface area contributed by atoms with Crippen LogP contribution in [0.4, 0.5) is 0 Å². The quantitative estimate of drug-likeness (QED) is 0.0474. The number of carbonyl (C=O) groups excluding carboxylic acids is 2. The van der Waals surface area contributed by atoms with Gasteiger partial charge >= 0.3 is 10.4 Å². The molecular formula is C27H42N2O16S. The Labute approximate surface area is 265 Å². The number of rotatable bonds is 16. The zero-order chi connectivity index (χ0) is 34.1. The van der Waals surface area contributed by atoms with Crippen LogP contribution in [0.15, 0.2) is 30.3 Å². The average Bonchev–Trinajstić information content (AvgIpc) is 3.00. The summed E-state index contributed by atoms with van der Waals surface area (Å²) >= 11 is 0. The van der Waals surface area contributed by atoms with Crippen molar-refractivity contribution >= 4 is 22.2 Å². The molecule has 2 fully saturated rings. The largest absolute Gasteiger partial charge is 0.397 e. The smallest absolute Gasteiger partial charge is 0.394 e. The van der Waals surface area contributed by atoms with Crippen molar-refractivity contribution in [3.63, 3.8) is 0 Å². The summed E-state index contributed by atoms with van der Waals surface area (Å²) in [5, 5.41) is 68.4. The van der Waals surface area contributed by atoms with E-state index >= 15 is 0 Å². The van der Waals surface area contributed by atoms with Crippen LogP contribution in [0.2, 0.25) is 0 Å². The molecule has 2 aliphatic heterocycles. The molecule has 1 aromatic rings. The Hall–Kier alpha value is -2.37. The molecule has 18 nitrogen and oxygen atoms in total. The predicted molar refractivity (Wildman–Crippen MR) is 153 cm³/mol. The minimum atomic E-state index is -5.02. The molecule has 19 heteroatoms. The van der Waals surface area contributed by atoms with Crippen LogP contribution in [-0.4, -0.2) is 143 Å². The molecule has 10 atom stereocenters. The van der Waals surface area contributed by atoms with Gasteiger partial charge in [-0.15, -0.1) is 0 Å². The molecule has 0 bridgehead atoms. The molecule has 9 N–H and O–H groups in total.